The summed E-state index contributed by atoms with van der Waals surface area (Å²) >= 11 is 0. The van der Waals surface area contributed by atoms with Gasteiger partial charge in [-0.15, -0.1) is 0 Å². The Balaban J connectivity index is 2.19. The maximum absolute atomic E-state index is 12.1. The molecule has 0 radical (unpaired) electrons. The molecule has 0 heterocycles. The Morgan fingerprint density at radius 1 is 1.24 bits per heavy atom. The van der Waals surface area contributed by atoms with Crippen LogP contribution in [0.1, 0.15) is 27.0 Å². The Morgan fingerprint density at radius 2 is 2.05 bits per heavy atom. The Morgan fingerprint density at radius 3 is 2.71 bits per heavy atom. The molecule has 0 saturated heterocycles. The van der Waals surface area contributed by atoms with Crippen LogP contribution in [0.15, 0.2) is 48.5 Å². The normalized spacial score (nSPS) is 10.3. The maximum atomic E-state index is 12.1. The lowest BCUT2D eigenvalue weighted by Gasteiger charge is -2.04. The molecule has 2 aromatic rings. The van der Waals surface area contributed by atoms with Gasteiger partial charge in [-0.1, -0.05) is 24.3 Å². The molecule has 0 aliphatic carbocycles. The summed E-state index contributed by atoms with van der Waals surface area (Å²) in [6, 6.07) is 14.4. The molecule has 3 nitrogen and oxygen atoms in total. The van der Waals surface area contributed by atoms with Crippen molar-refractivity contribution in [1.29, 1.82) is 5.26 Å². The van der Waals surface area contributed by atoms with E-state index in [4.69, 9.17) is 10.00 Å². The van der Waals surface area contributed by atoms with Crippen LogP contribution in [0.25, 0.3) is 6.08 Å². The van der Waals surface area contributed by atoms with Crippen molar-refractivity contribution in [3.05, 3.63) is 70.8 Å². The molecule has 0 aromatic heterocycles. The van der Waals surface area contributed by atoms with Gasteiger partial charge in [-0.2, -0.15) is 5.26 Å². The fraction of sp³-hybridized carbons (Fsp3) is 0.111. The van der Waals surface area contributed by atoms with Crippen LogP contribution in [-0.4, -0.2) is 12.9 Å². The van der Waals surface area contributed by atoms with Crippen LogP contribution in [0.5, 0.6) is 5.75 Å². The zero-order valence-corrected chi connectivity index (χ0v) is 12.0. The smallest absolute Gasteiger partial charge is 0.185 e. The van der Waals surface area contributed by atoms with E-state index in [-0.39, 0.29) is 5.78 Å². The summed E-state index contributed by atoms with van der Waals surface area (Å²) in [5.41, 5.74) is 2.93. The highest BCUT2D eigenvalue weighted by Crippen LogP contribution is 2.19. The van der Waals surface area contributed by atoms with Crippen LogP contribution in [0.2, 0.25) is 0 Å². The summed E-state index contributed by atoms with van der Waals surface area (Å²) in [7, 11) is 1.63. The quantitative estimate of drug-likeness (QED) is 0.631. The summed E-state index contributed by atoms with van der Waals surface area (Å²) in [5.74, 6) is 0.695. The molecule has 2 rings (SSSR count). The summed E-state index contributed by atoms with van der Waals surface area (Å²) in [4.78, 5) is 12.1. The number of rotatable bonds is 4. The van der Waals surface area contributed by atoms with Gasteiger partial charge in [0.1, 0.15) is 5.75 Å². The summed E-state index contributed by atoms with van der Waals surface area (Å²) in [5, 5.41) is 8.84. The average Bonchev–Trinajstić information content (AvgIpc) is 2.52. The van der Waals surface area contributed by atoms with Gasteiger partial charge in [0.05, 0.1) is 18.7 Å². The summed E-state index contributed by atoms with van der Waals surface area (Å²) in [6.45, 7) is 1.95. The molecule has 0 aliphatic heterocycles. The molecule has 0 fully saturated rings. The molecule has 0 atom stereocenters. The van der Waals surface area contributed by atoms with Crippen molar-refractivity contribution in [3.8, 4) is 11.8 Å². The average molecular weight is 277 g/mol. The molecule has 3 heteroatoms. The van der Waals surface area contributed by atoms with Gasteiger partial charge >= 0.3 is 0 Å². The monoisotopic (exact) mass is 277 g/mol. The Labute approximate surface area is 124 Å². The Bertz CT molecular complexity index is 739. The second-order valence-electron chi connectivity index (χ2n) is 4.62. The molecule has 21 heavy (non-hydrogen) atoms. The third-order valence-electron chi connectivity index (χ3n) is 3.12. The first-order valence-electron chi connectivity index (χ1n) is 6.51. The Kier molecular flexibility index (Phi) is 4.53. The lowest BCUT2D eigenvalue weighted by Crippen LogP contribution is -1.94. The van der Waals surface area contributed by atoms with E-state index in [2.05, 4.69) is 0 Å². The maximum Gasteiger partial charge on any atom is 0.185 e. The number of nitrogens with zero attached hydrogens (tertiary/aromatic N) is 1. The van der Waals surface area contributed by atoms with Crippen LogP contribution in [0, 0.1) is 18.3 Å². The summed E-state index contributed by atoms with van der Waals surface area (Å²) in [6.07, 6.45) is 3.27. The number of benzene rings is 2. The highest BCUT2D eigenvalue weighted by Gasteiger charge is 2.03. The van der Waals surface area contributed by atoms with Crippen molar-refractivity contribution >= 4 is 11.9 Å². The van der Waals surface area contributed by atoms with Gasteiger partial charge in [-0.05, 0) is 48.4 Å². The van der Waals surface area contributed by atoms with Crippen molar-refractivity contribution in [1.82, 2.24) is 0 Å². The van der Waals surface area contributed by atoms with E-state index in [0.717, 1.165) is 16.9 Å². The third kappa shape index (κ3) is 3.58. The first-order chi connectivity index (χ1) is 10.1. The van der Waals surface area contributed by atoms with Crippen molar-refractivity contribution in [3.63, 3.8) is 0 Å². The minimum absolute atomic E-state index is 0.124. The second kappa shape index (κ2) is 6.53. The molecule has 0 saturated carbocycles. The molecular weight excluding hydrogens is 262 g/mol. The molecule has 2 aromatic carbocycles. The van der Waals surface area contributed by atoms with E-state index in [9.17, 15) is 4.79 Å². The number of methoxy groups -OCH3 is 1. The van der Waals surface area contributed by atoms with Crippen LogP contribution in [0.4, 0.5) is 0 Å². The number of nitriles is 1. The van der Waals surface area contributed by atoms with Gasteiger partial charge in [-0.25, -0.2) is 0 Å². The fourth-order valence-electron chi connectivity index (χ4n) is 2.02. The van der Waals surface area contributed by atoms with Gasteiger partial charge in [0.25, 0.3) is 0 Å². The lowest BCUT2D eigenvalue weighted by molar-refractivity contribution is 0.104. The number of carbonyl (C=O) groups is 1. The molecule has 0 N–H and O–H groups in total. The second-order valence-corrected chi connectivity index (χ2v) is 4.62. The van der Waals surface area contributed by atoms with Crippen LogP contribution < -0.4 is 4.74 Å². The fourth-order valence-corrected chi connectivity index (χ4v) is 2.02. The predicted molar refractivity (Wildman–Crippen MR) is 82.3 cm³/mol. The molecule has 0 unspecified atom stereocenters. The topological polar surface area (TPSA) is 50.1 Å². The van der Waals surface area contributed by atoms with Gasteiger partial charge in [0.15, 0.2) is 5.78 Å². The van der Waals surface area contributed by atoms with Gasteiger partial charge in [0, 0.05) is 5.56 Å². The number of carbonyl (C=O) groups excluding carboxylic acids is 1. The van der Waals surface area contributed by atoms with Gasteiger partial charge < -0.3 is 4.74 Å². The molecule has 0 amide bonds. The van der Waals surface area contributed by atoms with Crippen molar-refractivity contribution in [2.75, 3.05) is 7.11 Å². The number of aryl methyl sites for hydroxylation is 1. The van der Waals surface area contributed by atoms with Gasteiger partial charge in [-0.3, -0.25) is 4.79 Å². The number of hydrogen-bond acceptors (Lipinski definition) is 3. The zero-order chi connectivity index (χ0) is 15.2. The van der Waals surface area contributed by atoms with E-state index in [1.807, 2.05) is 31.2 Å². The van der Waals surface area contributed by atoms with E-state index >= 15 is 0 Å². The molecule has 0 aliphatic rings. The zero-order valence-electron chi connectivity index (χ0n) is 12.0. The van der Waals surface area contributed by atoms with Crippen molar-refractivity contribution in [2.45, 2.75) is 6.92 Å². The highest BCUT2D eigenvalue weighted by atomic mass is 16.5. The summed E-state index contributed by atoms with van der Waals surface area (Å²) < 4.78 is 5.20. The molecule has 0 spiro atoms. The highest BCUT2D eigenvalue weighted by molar-refractivity contribution is 6.07. The largest absolute Gasteiger partial charge is 0.496 e. The SMILES string of the molecule is COc1ccc(/C=C/C(=O)c2cccc(C#N)c2)cc1C. The first kappa shape index (κ1) is 14.5. The van der Waals surface area contributed by atoms with E-state index in [1.54, 1.807) is 37.5 Å². The minimum atomic E-state index is -0.124. The van der Waals surface area contributed by atoms with Crippen LogP contribution in [-0.2, 0) is 0 Å². The molecule has 104 valence electrons. The van der Waals surface area contributed by atoms with E-state index in [1.165, 1.54) is 6.08 Å². The van der Waals surface area contributed by atoms with Crippen molar-refractivity contribution < 1.29 is 9.53 Å². The number of ether oxygens (including phenoxy) is 1. The lowest BCUT2D eigenvalue weighted by atomic mass is 10.1. The van der Waals surface area contributed by atoms with Crippen LogP contribution >= 0.6 is 0 Å². The third-order valence-corrected chi connectivity index (χ3v) is 3.12. The first-order valence-corrected chi connectivity index (χ1v) is 6.51. The van der Waals surface area contributed by atoms with E-state index in [0.29, 0.717) is 11.1 Å². The van der Waals surface area contributed by atoms with Crippen molar-refractivity contribution in [2.24, 2.45) is 0 Å². The molecular formula is C18H15NO2. The standard InChI is InChI=1S/C18H15NO2/c1-13-10-14(7-9-18(13)21-2)6-8-17(20)16-5-3-4-15(11-16)12-19/h3-11H,1-2H3/b8-6+. The minimum Gasteiger partial charge on any atom is -0.496 e. The predicted octanol–water partition coefficient (Wildman–Crippen LogP) is 3.77. The van der Waals surface area contributed by atoms with Crippen LogP contribution in [0.3, 0.4) is 0 Å². The molecule has 0 bridgehead atoms. The number of allylic oxidation sites excluding steroid dienone is 1. The Hall–Kier alpha value is -2.86. The number of ketones is 1. The number of hydrogen-bond donors (Lipinski definition) is 0. The van der Waals surface area contributed by atoms with Gasteiger partial charge in [0.2, 0.25) is 0 Å². The van der Waals surface area contributed by atoms with E-state index < -0.39 is 0 Å².